The minimum Gasteiger partial charge on any atom is -0.236 e. The van der Waals surface area contributed by atoms with Gasteiger partial charge < -0.3 is 0 Å². The van der Waals surface area contributed by atoms with Gasteiger partial charge in [-0.25, -0.2) is 4.98 Å². The molecule has 1 rings (SSSR count). The van der Waals surface area contributed by atoms with Crippen LogP contribution in [0, 0.1) is 14.3 Å². The highest BCUT2D eigenvalue weighted by molar-refractivity contribution is 14.1. The van der Waals surface area contributed by atoms with E-state index in [0.717, 1.165) is 7.40 Å². The van der Waals surface area contributed by atoms with Gasteiger partial charge in [-0.15, -0.1) is 0 Å². The van der Waals surface area contributed by atoms with E-state index in [1.54, 1.807) is 0 Å². The first-order chi connectivity index (χ1) is 4.20. The first kappa shape index (κ1) is 7.71. The monoisotopic (exact) mass is 345 g/mol. The summed E-state index contributed by atoms with van der Waals surface area (Å²) in [5.74, 6) is 0. The summed E-state index contributed by atoms with van der Waals surface area (Å²) >= 11 is 4.44. The van der Waals surface area contributed by atoms with Crippen molar-refractivity contribution in [1.82, 2.24) is 4.98 Å². The molecule has 0 N–H and O–H groups in total. The first-order valence-corrected chi connectivity index (χ1v) is 4.64. The molecule has 0 spiro atoms. The smallest absolute Gasteiger partial charge is 0.105 e. The molecule has 1 nitrogen and oxygen atoms in total. The van der Waals surface area contributed by atoms with Crippen LogP contribution in [0.1, 0.15) is 5.56 Å². The van der Waals surface area contributed by atoms with Gasteiger partial charge in [0, 0.05) is 0 Å². The maximum absolute atomic E-state index is 4.25. The van der Waals surface area contributed by atoms with Crippen LogP contribution in [0.3, 0.4) is 0 Å². The summed E-state index contributed by atoms with van der Waals surface area (Å²) in [6.07, 6.45) is 0. The Morgan fingerprint density at radius 1 is 1.33 bits per heavy atom. The number of aromatic nitrogens is 1. The van der Waals surface area contributed by atoms with Crippen LogP contribution in [0.4, 0.5) is 0 Å². The standard InChI is InChI=1S/C6H5I2N/c1-4-2-3-5(7)9-6(4)8/h2-3H,1H3. The molecule has 0 aliphatic rings. The molecule has 0 saturated heterocycles. The molecule has 3 heteroatoms. The third-order valence-electron chi connectivity index (χ3n) is 1.00. The Balaban J connectivity index is 3.17. The summed E-state index contributed by atoms with van der Waals surface area (Å²) in [6, 6.07) is 4.09. The molecule has 0 amide bonds. The molecule has 0 fully saturated rings. The maximum atomic E-state index is 4.25. The molecule has 0 aromatic carbocycles. The summed E-state index contributed by atoms with van der Waals surface area (Å²) in [5, 5.41) is 0. The molecule has 0 aliphatic heterocycles. The van der Waals surface area contributed by atoms with Crippen molar-refractivity contribution in [2.75, 3.05) is 0 Å². The van der Waals surface area contributed by atoms with E-state index >= 15 is 0 Å². The van der Waals surface area contributed by atoms with Crippen LogP contribution < -0.4 is 0 Å². The van der Waals surface area contributed by atoms with Gasteiger partial charge in [0.15, 0.2) is 0 Å². The van der Waals surface area contributed by atoms with Gasteiger partial charge in [0.25, 0.3) is 0 Å². The fourth-order valence-electron chi connectivity index (χ4n) is 0.482. The predicted molar refractivity (Wildman–Crippen MR) is 54.4 cm³/mol. The molecule has 1 heterocycles. The highest BCUT2D eigenvalue weighted by atomic mass is 127. The van der Waals surface area contributed by atoms with Crippen LogP contribution in [0.5, 0.6) is 0 Å². The van der Waals surface area contributed by atoms with Gasteiger partial charge in [0.1, 0.15) is 7.40 Å². The summed E-state index contributed by atoms with van der Waals surface area (Å²) < 4.78 is 2.15. The van der Waals surface area contributed by atoms with Gasteiger partial charge in [-0.3, -0.25) is 0 Å². The minimum atomic E-state index is 1.06. The number of halogens is 2. The predicted octanol–water partition coefficient (Wildman–Crippen LogP) is 2.60. The molecule has 1 aromatic heterocycles. The van der Waals surface area contributed by atoms with E-state index in [2.05, 4.69) is 63.2 Å². The summed E-state index contributed by atoms with van der Waals surface area (Å²) in [5.41, 5.74) is 1.25. The number of rotatable bonds is 0. The topological polar surface area (TPSA) is 12.9 Å². The van der Waals surface area contributed by atoms with Crippen LogP contribution in [-0.4, -0.2) is 4.98 Å². The van der Waals surface area contributed by atoms with Gasteiger partial charge in [0.05, 0.1) is 0 Å². The lowest BCUT2D eigenvalue weighted by Crippen LogP contribution is -1.87. The highest BCUT2D eigenvalue weighted by Crippen LogP contribution is 2.09. The van der Waals surface area contributed by atoms with Crippen LogP contribution in [0.2, 0.25) is 0 Å². The molecule has 48 valence electrons. The fourth-order valence-corrected chi connectivity index (χ4v) is 1.80. The number of hydrogen-bond acceptors (Lipinski definition) is 1. The number of nitrogens with zero attached hydrogens (tertiary/aromatic N) is 1. The molecule has 0 saturated carbocycles. The van der Waals surface area contributed by atoms with E-state index in [0.29, 0.717) is 0 Å². The van der Waals surface area contributed by atoms with Gasteiger partial charge in [0.2, 0.25) is 0 Å². The van der Waals surface area contributed by atoms with Crippen LogP contribution in [0.15, 0.2) is 12.1 Å². The second-order valence-corrected chi connectivity index (χ2v) is 3.87. The Hall–Kier alpha value is 0.610. The Kier molecular flexibility index (Phi) is 2.69. The molecule has 9 heavy (non-hydrogen) atoms. The third-order valence-corrected chi connectivity index (χ3v) is 2.69. The van der Waals surface area contributed by atoms with Crippen molar-refractivity contribution in [2.45, 2.75) is 6.92 Å². The Bertz CT molecular complexity index is 222. The number of pyridine rings is 1. The molecular weight excluding hydrogens is 340 g/mol. The normalized spacial score (nSPS) is 9.67. The highest BCUT2D eigenvalue weighted by Gasteiger charge is 1.93. The van der Waals surface area contributed by atoms with E-state index in [4.69, 9.17) is 0 Å². The molecule has 0 aliphatic carbocycles. The maximum Gasteiger partial charge on any atom is 0.105 e. The summed E-state index contributed by atoms with van der Waals surface area (Å²) in [6.45, 7) is 2.06. The largest absolute Gasteiger partial charge is 0.236 e. The van der Waals surface area contributed by atoms with E-state index in [-0.39, 0.29) is 0 Å². The van der Waals surface area contributed by atoms with Crippen molar-refractivity contribution >= 4 is 45.2 Å². The quantitative estimate of drug-likeness (QED) is 0.521. The summed E-state index contributed by atoms with van der Waals surface area (Å²) in [7, 11) is 0. The van der Waals surface area contributed by atoms with Gasteiger partial charge >= 0.3 is 0 Å². The van der Waals surface area contributed by atoms with Crippen molar-refractivity contribution in [3.8, 4) is 0 Å². The van der Waals surface area contributed by atoms with E-state index in [9.17, 15) is 0 Å². The Morgan fingerprint density at radius 3 is 2.44 bits per heavy atom. The van der Waals surface area contributed by atoms with E-state index in [1.165, 1.54) is 5.56 Å². The van der Waals surface area contributed by atoms with Gasteiger partial charge in [-0.2, -0.15) is 0 Å². The van der Waals surface area contributed by atoms with E-state index in [1.807, 2.05) is 6.07 Å². The molecule has 0 unspecified atom stereocenters. The Morgan fingerprint density at radius 2 is 2.00 bits per heavy atom. The van der Waals surface area contributed by atoms with Crippen LogP contribution >= 0.6 is 45.2 Å². The molecule has 0 bridgehead atoms. The second kappa shape index (κ2) is 3.14. The lowest BCUT2D eigenvalue weighted by Gasteiger charge is -1.94. The molecular formula is C6H5I2N. The summed E-state index contributed by atoms with van der Waals surface area (Å²) in [4.78, 5) is 4.25. The average Bonchev–Trinajstić information content (AvgIpc) is 1.80. The zero-order valence-electron chi connectivity index (χ0n) is 4.86. The van der Waals surface area contributed by atoms with Gasteiger partial charge in [-0.1, -0.05) is 6.07 Å². The van der Waals surface area contributed by atoms with Crippen LogP contribution in [0.25, 0.3) is 0 Å². The van der Waals surface area contributed by atoms with Crippen LogP contribution in [-0.2, 0) is 0 Å². The fraction of sp³-hybridized carbons (Fsp3) is 0.167. The van der Waals surface area contributed by atoms with Crippen molar-refractivity contribution < 1.29 is 0 Å². The van der Waals surface area contributed by atoms with Crippen molar-refractivity contribution in [3.63, 3.8) is 0 Å². The van der Waals surface area contributed by atoms with Gasteiger partial charge in [-0.05, 0) is 63.7 Å². The number of aryl methyl sites for hydroxylation is 1. The van der Waals surface area contributed by atoms with Crippen molar-refractivity contribution in [2.24, 2.45) is 0 Å². The average molecular weight is 345 g/mol. The van der Waals surface area contributed by atoms with Crippen molar-refractivity contribution in [3.05, 3.63) is 25.1 Å². The Labute approximate surface area is 81.5 Å². The molecule has 1 aromatic rings. The SMILES string of the molecule is Cc1ccc(I)nc1I. The lowest BCUT2D eigenvalue weighted by atomic mass is 10.3. The molecule has 0 atom stereocenters. The van der Waals surface area contributed by atoms with E-state index < -0.39 is 0 Å². The third kappa shape index (κ3) is 2.03. The van der Waals surface area contributed by atoms with Crippen molar-refractivity contribution in [1.29, 1.82) is 0 Å². The zero-order valence-corrected chi connectivity index (χ0v) is 9.17. The first-order valence-electron chi connectivity index (χ1n) is 2.49. The second-order valence-electron chi connectivity index (χ2n) is 1.74. The minimum absolute atomic E-state index is 1.06. The lowest BCUT2D eigenvalue weighted by molar-refractivity contribution is 1.17. The zero-order chi connectivity index (χ0) is 6.85. The molecule has 0 radical (unpaired) electrons. The number of hydrogen-bond donors (Lipinski definition) is 0.